The summed E-state index contributed by atoms with van der Waals surface area (Å²) in [6.45, 7) is 11.0. The second-order valence-electron chi connectivity index (χ2n) is 4.47. The lowest BCUT2D eigenvalue weighted by Gasteiger charge is -2.31. The van der Waals surface area contributed by atoms with Gasteiger partial charge in [0.1, 0.15) is 0 Å². The maximum Gasteiger partial charge on any atom is 0.0401 e. The van der Waals surface area contributed by atoms with Crippen molar-refractivity contribution in [2.24, 2.45) is 0 Å². The maximum atomic E-state index is 2.56. The van der Waals surface area contributed by atoms with Crippen molar-refractivity contribution in [1.82, 2.24) is 0 Å². The molecule has 0 saturated carbocycles. The van der Waals surface area contributed by atoms with Crippen molar-refractivity contribution in [3.05, 3.63) is 29.3 Å². The molecule has 2 rings (SSSR count). The standard InChI is InChI=1S/C14H21N.C2H6/c1-3-13-12(2)8-7-9-14(13)15-10-5-4-6-11-15;1-2/h7-9H,3-6,10-11H2,1-2H3;1-2H3. The smallest absolute Gasteiger partial charge is 0.0401 e. The number of hydrogen-bond donors (Lipinski definition) is 0. The minimum Gasteiger partial charge on any atom is -0.371 e. The van der Waals surface area contributed by atoms with Gasteiger partial charge in [0.25, 0.3) is 0 Å². The van der Waals surface area contributed by atoms with Crippen molar-refractivity contribution in [2.75, 3.05) is 18.0 Å². The first-order chi connectivity index (χ1) is 8.33. The van der Waals surface area contributed by atoms with Gasteiger partial charge in [0.05, 0.1) is 0 Å². The van der Waals surface area contributed by atoms with Crippen LogP contribution in [0.25, 0.3) is 0 Å². The van der Waals surface area contributed by atoms with E-state index in [9.17, 15) is 0 Å². The molecule has 1 nitrogen and oxygen atoms in total. The lowest BCUT2D eigenvalue weighted by molar-refractivity contribution is 0.576. The van der Waals surface area contributed by atoms with Crippen molar-refractivity contribution in [3.8, 4) is 0 Å². The Morgan fingerprint density at radius 3 is 2.29 bits per heavy atom. The number of anilines is 1. The summed E-state index contributed by atoms with van der Waals surface area (Å²) >= 11 is 0. The van der Waals surface area contributed by atoms with Crippen molar-refractivity contribution in [3.63, 3.8) is 0 Å². The monoisotopic (exact) mass is 233 g/mol. The highest BCUT2D eigenvalue weighted by atomic mass is 15.1. The SMILES string of the molecule is CC.CCc1c(C)cccc1N1CCCCC1. The van der Waals surface area contributed by atoms with Crippen molar-refractivity contribution < 1.29 is 0 Å². The predicted molar refractivity (Wildman–Crippen MR) is 78.0 cm³/mol. The van der Waals surface area contributed by atoms with Crippen LogP contribution in [0, 0.1) is 6.92 Å². The Morgan fingerprint density at radius 1 is 1.06 bits per heavy atom. The number of rotatable bonds is 2. The number of hydrogen-bond acceptors (Lipinski definition) is 1. The minimum atomic E-state index is 1.15. The summed E-state index contributed by atoms with van der Waals surface area (Å²) < 4.78 is 0. The highest BCUT2D eigenvalue weighted by molar-refractivity contribution is 5.56. The average molecular weight is 233 g/mol. The zero-order valence-electron chi connectivity index (χ0n) is 11.9. The Balaban J connectivity index is 0.000000686. The summed E-state index contributed by atoms with van der Waals surface area (Å²) in [5, 5.41) is 0. The molecule has 1 saturated heterocycles. The van der Waals surface area contributed by atoms with Crippen LogP contribution in [0.5, 0.6) is 0 Å². The van der Waals surface area contributed by atoms with Gasteiger partial charge in [-0.05, 0) is 49.8 Å². The third-order valence-electron chi connectivity index (χ3n) is 3.44. The van der Waals surface area contributed by atoms with Crippen molar-refractivity contribution in [1.29, 1.82) is 0 Å². The van der Waals surface area contributed by atoms with E-state index in [1.165, 1.54) is 43.6 Å². The lowest BCUT2D eigenvalue weighted by atomic mass is 10.0. The van der Waals surface area contributed by atoms with Crippen LogP contribution in [0.1, 0.15) is 51.2 Å². The molecule has 1 aliphatic rings. The molecule has 0 unspecified atom stereocenters. The largest absolute Gasteiger partial charge is 0.371 e. The van der Waals surface area contributed by atoms with Crippen LogP contribution in [-0.4, -0.2) is 13.1 Å². The van der Waals surface area contributed by atoms with Gasteiger partial charge < -0.3 is 4.90 Å². The van der Waals surface area contributed by atoms with Gasteiger partial charge in [-0.15, -0.1) is 0 Å². The summed E-state index contributed by atoms with van der Waals surface area (Å²) in [5.41, 5.74) is 4.47. The van der Waals surface area contributed by atoms with E-state index >= 15 is 0 Å². The van der Waals surface area contributed by atoms with Crippen LogP contribution in [0.3, 0.4) is 0 Å². The van der Waals surface area contributed by atoms with Crippen LogP contribution in [0.15, 0.2) is 18.2 Å². The van der Waals surface area contributed by atoms with Gasteiger partial charge in [-0.25, -0.2) is 0 Å². The highest BCUT2D eigenvalue weighted by Gasteiger charge is 2.14. The van der Waals surface area contributed by atoms with E-state index in [1.807, 2.05) is 13.8 Å². The number of nitrogens with zero attached hydrogens (tertiary/aromatic N) is 1. The molecule has 1 aromatic rings. The molecule has 0 aliphatic carbocycles. The fourth-order valence-electron chi connectivity index (χ4n) is 2.58. The molecule has 0 radical (unpaired) electrons. The molecule has 0 bridgehead atoms. The summed E-state index contributed by atoms with van der Waals surface area (Å²) in [7, 11) is 0. The fraction of sp³-hybridized carbons (Fsp3) is 0.625. The Bertz CT molecular complexity index is 324. The second-order valence-corrected chi connectivity index (χ2v) is 4.47. The first kappa shape index (κ1) is 14.1. The van der Waals surface area contributed by atoms with Crippen molar-refractivity contribution in [2.45, 2.75) is 53.4 Å². The number of piperidine rings is 1. The van der Waals surface area contributed by atoms with E-state index in [0.29, 0.717) is 0 Å². The van der Waals surface area contributed by atoms with Crippen LogP contribution < -0.4 is 4.90 Å². The lowest BCUT2D eigenvalue weighted by Crippen LogP contribution is -2.30. The van der Waals surface area contributed by atoms with Gasteiger partial charge in [-0.2, -0.15) is 0 Å². The van der Waals surface area contributed by atoms with E-state index in [4.69, 9.17) is 0 Å². The fourth-order valence-corrected chi connectivity index (χ4v) is 2.58. The van der Waals surface area contributed by atoms with E-state index in [2.05, 4.69) is 36.9 Å². The molecule has 1 aromatic carbocycles. The van der Waals surface area contributed by atoms with Gasteiger partial charge >= 0.3 is 0 Å². The quantitative estimate of drug-likeness (QED) is 0.723. The normalized spacial score (nSPS) is 15.2. The zero-order chi connectivity index (χ0) is 12.7. The summed E-state index contributed by atoms with van der Waals surface area (Å²) in [6.07, 6.45) is 5.27. The van der Waals surface area contributed by atoms with E-state index in [1.54, 1.807) is 5.56 Å². The third-order valence-corrected chi connectivity index (χ3v) is 3.44. The molecule has 0 amide bonds. The Labute approximate surface area is 107 Å². The molecule has 0 aromatic heterocycles. The predicted octanol–water partition coefficient (Wildman–Crippen LogP) is 4.57. The number of benzene rings is 1. The molecule has 1 aliphatic heterocycles. The number of aryl methyl sites for hydroxylation is 1. The first-order valence-corrected chi connectivity index (χ1v) is 7.16. The average Bonchev–Trinajstić information content (AvgIpc) is 2.42. The van der Waals surface area contributed by atoms with Crippen LogP contribution in [0.2, 0.25) is 0 Å². The van der Waals surface area contributed by atoms with E-state index < -0.39 is 0 Å². The minimum absolute atomic E-state index is 1.15. The molecule has 0 atom stereocenters. The first-order valence-electron chi connectivity index (χ1n) is 7.16. The molecular weight excluding hydrogens is 206 g/mol. The van der Waals surface area contributed by atoms with Gasteiger partial charge in [0.2, 0.25) is 0 Å². The van der Waals surface area contributed by atoms with Crippen molar-refractivity contribution >= 4 is 5.69 Å². The van der Waals surface area contributed by atoms with Gasteiger partial charge in [-0.1, -0.05) is 32.9 Å². The van der Waals surface area contributed by atoms with Gasteiger partial charge in [0.15, 0.2) is 0 Å². The zero-order valence-corrected chi connectivity index (χ0v) is 11.9. The molecule has 96 valence electrons. The van der Waals surface area contributed by atoms with Gasteiger partial charge in [0, 0.05) is 18.8 Å². The van der Waals surface area contributed by atoms with E-state index in [-0.39, 0.29) is 0 Å². The molecule has 1 heteroatoms. The molecule has 0 N–H and O–H groups in total. The van der Waals surface area contributed by atoms with Crippen LogP contribution in [-0.2, 0) is 6.42 Å². The molecular formula is C16H27N. The Kier molecular flexibility index (Phi) is 6.10. The Morgan fingerprint density at radius 2 is 1.71 bits per heavy atom. The Hall–Kier alpha value is -0.980. The topological polar surface area (TPSA) is 3.24 Å². The van der Waals surface area contributed by atoms with Gasteiger partial charge in [-0.3, -0.25) is 0 Å². The molecule has 0 spiro atoms. The summed E-state index contributed by atoms with van der Waals surface area (Å²) in [6, 6.07) is 6.71. The molecule has 17 heavy (non-hydrogen) atoms. The summed E-state index contributed by atoms with van der Waals surface area (Å²) in [4.78, 5) is 2.56. The summed E-state index contributed by atoms with van der Waals surface area (Å²) in [5.74, 6) is 0. The highest BCUT2D eigenvalue weighted by Crippen LogP contribution is 2.26. The maximum absolute atomic E-state index is 2.56. The van der Waals surface area contributed by atoms with Crippen LogP contribution in [0.4, 0.5) is 5.69 Å². The van der Waals surface area contributed by atoms with Crippen LogP contribution >= 0.6 is 0 Å². The third kappa shape index (κ3) is 3.49. The second kappa shape index (κ2) is 7.37. The molecule has 1 fully saturated rings. The van der Waals surface area contributed by atoms with E-state index in [0.717, 1.165) is 6.42 Å². The molecule has 1 heterocycles.